The monoisotopic (exact) mass is 663 g/mol. The van der Waals surface area contributed by atoms with E-state index in [0.717, 1.165) is 67.1 Å². The Labute approximate surface area is 298 Å². The molecule has 0 radical (unpaired) electrons. The van der Waals surface area contributed by atoms with Gasteiger partial charge in [-0.3, -0.25) is 8.97 Å². The van der Waals surface area contributed by atoms with Crippen molar-refractivity contribution in [2.75, 3.05) is 0 Å². The molecular weight excluding hydrogens is 635 g/mol. The number of aromatic nitrogens is 5. The fourth-order valence-electron chi connectivity index (χ4n) is 7.73. The molecular formula is C47H29N5. The first-order valence-electron chi connectivity index (χ1n) is 17.5. The highest BCUT2D eigenvalue weighted by molar-refractivity contribution is 5.99. The van der Waals surface area contributed by atoms with Crippen LogP contribution in [0.2, 0.25) is 0 Å². The molecule has 5 nitrogen and oxygen atoms in total. The average molecular weight is 664 g/mol. The van der Waals surface area contributed by atoms with Crippen molar-refractivity contribution < 1.29 is 0 Å². The van der Waals surface area contributed by atoms with Gasteiger partial charge in [0.05, 0.1) is 27.6 Å². The Bertz CT molecular complexity index is 3190. The molecule has 242 valence electrons. The maximum absolute atomic E-state index is 5.17. The highest BCUT2D eigenvalue weighted by atomic mass is 15.1. The molecule has 0 atom stereocenters. The minimum atomic E-state index is 0.890. The minimum absolute atomic E-state index is 0.890. The quantitative estimate of drug-likeness (QED) is 0.188. The zero-order valence-electron chi connectivity index (χ0n) is 28.0. The van der Waals surface area contributed by atoms with E-state index in [-0.39, 0.29) is 0 Å². The van der Waals surface area contributed by atoms with Crippen molar-refractivity contribution >= 4 is 60.2 Å². The summed E-state index contributed by atoms with van der Waals surface area (Å²) in [6, 6.07) is 62.1. The molecule has 0 aliphatic carbocycles. The Hall–Kier alpha value is -7.11. The predicted molar refractivity (Wildman–Crippen MR) is 214 cm³/mol. The van der Waals surface area contributed by atoms with Crippen LogP contribution in [-0.4, -0.2) is 23.9 Å². The van der Waals surface area contributed by atoms with Crippen LogP contribution >= 0.6 is 0 Å². The largest absolute Gasteiger partial charge is 0.292 e. The second kappa shape index (κ2) is 11.2. The topological polar surface area (TPSA) is 48.0 Å². The molecule has 0 saturated heterocycles. The van der Waals surface area contributed by atoms with Crippen LogP contribution in [0.4, 0.5) is 0 Å². The standard InChI is InChI=1S/C47H29N5/c1-2-10-38(11-3-1)51-43-16-8-6-14-41(43)49-45(51)36-24-22-32-26-30(18-20-34(32)28-36)31-19-21-35-29-37(25-23-33(35)27-31)46-48-40-13-5-4-12-39(40)47-50-42-15-7-9-17-44(42)52(46)47/h1-29H. The van der Waals surface area contributed by atoms with Crippen LogP contribution < -0.4 is 0 Å². The highest BCUT2D eigenvalue weighted by Gasteiger charge is 2.17. The molecule has 11 aromatic rings. The smallest absolute Gasteiger partial charge is 0.149 e. The van der Waals surface area contributed by atoms with Crippen LogP contribution in [0, 0.1) is 0 Å². The molecule has 0 N–H and O–H groups in total. The number of fused-ring (bicyclic) bond motifs is 8. The van der Waals surface area contributed by atoms with Gasteiger partial charge in [-0.2, -0.15) is 0 Å². The molecule has 0 bridgehead atoms. The van der Waals surface area contributed by atoms with Crippen molar-refractivity contribution in [3.05, 3.63) is 176 Å². The summed E-state index contributed by atoms with van der Waals surface area (Å²) in [5.41, 5.74) is 11.6. The fourth-order valence-corrected chi connectivity index (χ4v) is 7.73. The summed E-state index contributed by atoms with van der Waals surface area (Å²) in [7, 11) is 0. The Morgan fingerprint density at radius 1 is 0.346 bits per heavy atom. The van der Waals surface area contributed by atoms with Gasteiger partial charge in [0.2, 0.25) is 0 Å². The van der Waals surface area contributed by atoms with Gasteiger partial charge in [-0.1, -0.05) is 103 Å². The summed E-state index contributed by atoms with van der Waals surface area (Å²) in [6.45, 7) is 0. The molecule has 52 heavy (non-hydrogen) atoms. The third kappa shape index (κ3) is 4.46. The predicted octanol–water partition coefficient (Wildman–Crippen LogP) is 11.7. The van der Waals surface area contributed by atoms with E-state index in [0.29, 0.717) is 0 Å². The summed E-state index contributed by atoms with van der Waals surface area (Å²) in [6.07, 6.45) is 0. The highest BCUT2D eigenvalue weighted by Crippen LogP contribution is 2.35. The molecule has 11 rings (SSSR count). The van der Waals surface area contributed by atoms with Gasteiger partial charge in [0.1, 0.15) is 17.3 Å². The van der Waals surface area contributed by atoms with Gasteiger partial charge in [-0.15, -0.1) is 0 Å². The summed E-state index contributed by atoms with van der Waals surface area (Å²) < 4.78 is 4.45. The van der Waals surface area contributed by atoms with E-state index in [1.54, 1.807) is 0 Å². The molecule has 0 amide bonds. The lowest BCUT2D eigenvalue weighted by Gasteiger charge is -2.12. The molecule has 0 spiro atoms. The first-order valence-corrected chi connectivity index (χ1v) is 17.5. The van der Waals surface area contributed by atoms with E-state index in [9.17, 15) is 0 Å². The minimum Gasteiger partial charge on any atom is -0.292 e. The molecule has 0 fully saturated rings. The van der Waals surface area contributed by atoms with Gasteiger partial charge in [0.25, 0.3) is 0 Å². The van der Waals surface area contributed by atoms with Crippen LogP contribution in [0.5, 0.6) is 0 Å². The van der Waals surface area contributed by atoms with Gasteiger partial charge in [0, 0.05) is 22.2 Å². The Kier molecular flexibility index (Phi) is 6.18. The van der Waals surface area contributed by atoms with Crippen molar-refractivity contribution in [1.29, 1.82) is 0 Å². The van der Waals surface area contributed by atoms with E-state index in [1.807, 2.05) is 30.3 Å². The zero-order chi connectivity index (χ0) is 34.2. The number of benzene rings is 8. The number of hydrogen-bond donors (Lipinski definition) is 0. The van der Waals surface area contributed by atoms with E-state index >= 15 is 0 Å². The second-order valence-corrected chi connectivity index (χ2v) is 13.4. The third-order valence-corrected chi connectivity index (χ3v) is 10.2. The van der Waals surface area contributed by atoms with Gasteiger partial charge < -0.3 is 0 Å². The first kappa shape index (κ1) is 28.7. The number of hydrogen-bond acceptors (Lipinski definition) is 3. The second-order valence-electron chi connectivity index (χ2n) is 13.4. The Balaban J connectivity index is 0.974. The van der Waals surface area contributed by atoms with Crippen LogP contribution in [0.25, 0.3) is 99.8 Å². The molecule has 0 unspecified atom stereocenters. The van der Waals surface area contributed by atoms with Crippen molar-refractivity contribution in [1.82, 2.24) is 23.9 Å². The van der Waals surface area contributed by atoms with Crippen LogP contribution in [0.1, 0.15) is 0 Å². The van der Waals surface area contributed by atoms with Gasteiger partial charge in [-0.25, -0.2) is 15.0 Å². The van der Waals surface area contributed by atoms with Gasteiger partial charge in [0.15, 0.2) is 0 Å². The van der Waals surface area contributed by atoms with Crippen LogP contribution in [0.3, 0.4) is 0 Å². The summed E-state index contributed by atoms with van der Waals surface area (Å²) in [5, 5.41) is 5.77. The summed E-state index contributed by atoms with van der Waals surface area (Å²) in [5.74, 6) is 1.83. The Morgan fingerprint density at radius 3 is 1.50 bits per heavy atom. The maximum Gasteiger partial charge on any atom is 0.149 e. The third-order valence-electron chi connectivity index (χ3n) is 10.2. The van der Waals surface area contributed by atoms with Gasteiger partial charge >= 0.3 is 0 Å². The Morgan fingerprint density at radius 2 is 0.827 bits per heavy atom. The molecule has 3 aromatic heterocycles. The molecule has 0 aliphatic rings. The normalized spacial score (nSPS) is 11.8. The van der Waals surface area contributed by atoms with Crippen LogP contribution in [-0.2, 0) is 0 Å². The van der Waals surface area contributed by atoms with E-state index in [4.69, 9.17) is 15.0 Å². The summed E-state index contributed by atoms with van der Waals surface area (Å²) >= 11 is 0. The van der Waals surface area contributed by atoms with E-state index < -0.39 is 0 Å². The summed E-state index contributed by atoms with van der Waals surface area (Å²) in [4.78, 5) is 15.3. The first-order chi connectivity index (χ1) is 25.7. The maximum atomic E-state index is 5.17. The molecule has 0 aliphatic heterocycles. The SMILES string of the molecule is c1ccc(-n2c(-c3ccc4cc(-c5ccc6cc(-c7nc8ccccc8c8nc9ccccc9n78)ccc6c5)ccc4c3)nc3ccccc32)cc1. The van der Waals surface area contributed by atoms with Crippen molar-refractivity contribution in [2.24, 2.45) is 0 Å². The zero-order valence-corrected chi connectivity index (χ0v) is 28.0. The lowest BCUT2D eigenvalue weighted by atomic mass is 9.97. The number of nitrogens with zero attached hydrogens (tertiary/aromatic N) is 5. The van der Waals surface area contributed by atoms with Crippen molar-refractivity contribution in [3.8, 4) is 39.6 Å². The van der Waals surface area contributed by atoms with E-state index in [1.165, 1.54) is 32.7 Å². The van der Waals surface area contributed by atoms with E-state index in [2.05, 4.69) is 155 Å². The van der Waals surface area contributed by atoms with Crippen LogP contribution in [0.15, 0.2) is 176 Å². The fraction of sp³-hybridized carbons (Fsp3) is 0. The van der Waals surface area contributed by atoms with Gasteiger partial charge in [-0.05, 0) is 105 Å². The molecule has 8 aromatic carbocycles. The lowest BCUT2D eigenvalue weighted by molar-refractivity contribution is 1.10. The average Bonchev–Trinajstić information content (AvgIpc) is 3.80. The molecule has 0 saturated carbocycles. The molecule has 3 heterocycles. The number of rotatable bonds is 4. The molecule has 5 heteroatoms. The lowest BCUT2D eigenvalue weighted by Crippen LogP contribution is -1.98. The van der Waals surface area contributed by atoms with Crippen molar-refractivity contribution in [3.63, 3.8) is 0 Å². The number of para-hydroxylation sites is 6. The van der Waals surface area contributed by atoms with Crippen molar-refractivity contribution in [2.45, 2.75) is 0 Å². The number of imidazole rings is 2.